The molecule has 5 amide bonds. The van der Waals surface area contributed by atoms with Gasteiger partial charge in [0.1, 0.15) is 35.1 Å². The van der Waals surface area contributed by atoms with Gasteiger partial charge in [-0.2, -0.15) is 40.2 Å². The number of aliphatic hydroxyl groups excluding tert-OH is 1. The van der Waals surface area contributed by atoms with Gasteiger partial charge in [0, 0.05) is 60.8 Å². The standard InChI is InChI=1S/C55H64F10N10O9/c1-51(2,3)84-50(81)75-35-17-18-36(75)27-72(26-35)42-19-16-32(23-66-42)15-12-30-10-13-31(14-11-30)20-40(68-45(77)43(69-48(79)82-8)52(4,5)54(60,61)62)41(76)29-73(71-46(78)44(70-49(80)83-9)53(6,7)55(63,64)65)28-37-38(56)21-33(22-39(37)57)34-24-67-74(25-34)47(58)59/h10-11,13-14,16,19,21-25,35-36,40-41,43-44,47,76H,17-18,20,26-29H2,1-9H3,(H,68,77)(H,69,79)(H,70,80)(H,71,78). The predicted octanol–water partition coefficient (Wildman–Crippen LogP) is 8.15. The van der Waals surface area contributed by atoms with Gasteiger partial charge in [-0.15, -0.1) is 0 Å². The number of alkyl carbamates (subject to hydrolysis) is 2. The van der Waals surface area contributed by atoms with Crippen LogP contribution in [0.2, 0.25) is 0 Å². The maximum absolute atomic E-state index is 16.1. The van der Waals surface area contributed by atoms with Gasteiger partial charge in [-0.3, -0.25) is 19.9 Å². The molecule has 84 heavy (non-hydrogen) atoms. The van der Waals surface area contributed by atoms with Gasteiger partial charge in [0.25, 0.3) is 5.91 Å². The van der Waals surface area contributed by atoms with Gasteiger partial charge in [0.2, 0.25) is 5.91 Å². The van der Waals surface area contributed by atoms with Crippen LogP contribution in [0.1, 0.15) is 90.1 Å². The number of halogens is 10. The number of methoxy groups -OCH3 is 2. The van der Waals surface area contributed by atoms with E-state index >= 15 is 8.78 Å². The average molecular weight is 1200 g/mol. The number of ether oxygens (including phenoxy) is 3. The van der Waals surface area contributed by atoms with E-state index in [1.807, 2.05) is 31.5 Å². The summed E-state index contributed by atoms with van der Waals surface area (Å²) in [6.07, 6.45) is -11.6. The minimum Gasteiger partial charge on any atom is -0.453 e. The van der Waals surface area contributed by atoms with Crippen LogP contribution in [0, 0.1) is 34.3 Å². The maximum Gasteiger partial charge on any atom is 0.410 e. The second kappa shape index (κ2) is 26.0. The summed E-state index contributed by atoms with van der Waals surface area (Å²) in [5.41, 5.74) is -5.06. The molecule has 0 radical (unpaired) electrons. The Hall–Kier alpha value is -7.87. The van der Waals surface area contributed by atoms with Crippen LogP contribution in [0.5, 0.6) is 0 Å². The van der Waals surface area contributed by atoms with Crippen LogP contribution in [0.15, 0.2) is 67.1 Å². The molecule has 5 N–H and O–H groups in total. The fourth-order valence-corrected chi connectivity index (χ4v) is 9.28. The van der Waals surface area contributed by atoms with E-state index in [0.29, 0.717) is 74.9 Å². The van der Waals surface area contributed by atoms with Crippen molar-refractivity contribution >= 4 is 35.9 Å². The molecule has 29 heteroatoms. The fourth-order valence-electron chi connectivity index (χ4n) is 9.28. The smallest absolute Gasteiger partial charge is 0.410 e. The molecule has 2 aliphatic rings. The van der Waals surface area contributed by atoms with E-state index in [1.165, 1.54) is 24.3 Å². The molecule has 19 nitrogen and oxygen atoms in total. The number of hydrogen-bond donors (Lipinski definition) is 5. The van der Waals surface area contributed by atoms with Crippen LogP contribution in [-0.4, -0.2) is 148 Å². The molecule has 2 aromatic heterocycles. The van der Waals surface area contributed by atoms with Crippen LogP contribution in [0.4, 0.5) is 64.1 Å². The van der Waals surface area contributed by atoms with Crippen molar-refractivity contribution in [3.63, 3.8) is 0 Å². The van der Waals surface area contributed by atoms with E-state index in [1.54, 1.807) is 28.5 Å². The van der Waals surface area contributed by atoms with Crippen LogP contribution < -0.4 is 26.3 Å². The van der Waals surface area contributed by atoms with E-state index in [9.17, 15) is 64.2 Å². The Morgan fingerprint density at radius 2 is 1.26 bits per heavy atom. The number of nitrogens with zero attached hydrogens (tertiary/aromatic N) is 6. The quantitative estimate of drug-likeness (QED) is 0.0275. The molecule has 2 bridgehead atoms. The monoisotopic (exact) mass is 1200 g/mol. The molecule has 2 aromatic carbocycles. The van der Waals surface area contributed by atoms with E-state index in [2.05, 4.69) is 41.6 Å². The van der Waals surface area contributed by atoms with E-state index in [4.69, 9.17) is 4.74 Å². The van der Waals surface area contributed by atoms with Crippen molar-refractivity contribution in [3.8, 4) is 23.0 Å². The van der Waals surface area contributed by atoms with Crippen molar-refractivity contribution in [1.29, 1.82) is 0 Å². The lowest BCUT2D eigenvalue weighted by Gasteiger charge is -2.41. The van der Waals surface area contributed by atoms with Crippen LogP contribution in [0.3, 0.4) is 0 Å². The summed E-state index contributed by atoms with van der Waals surface area (Å²) in [4.78, 5) is 74.4. The number of benzene rings is 2. The van der Waals surface area contributed by atoms with Gasteiger partial charge in [0.05, 0.1) is 55.5 Å². The van der Waals surface area contributed by atoms with Crippen molar-refractivity contribution < 1.29 is 87.2 Å². The van der Waals surface area contributed by atoms with Crippen LogP contribution in [0.25, 0.3) is 11.1 Å². The number of pyridine rings is 1. The lowest BCUT2D eigenvalue weighted by molar-refractivity contribution is -0.221. The zero-order valence-electron chi connectivity index (χ0n) is 47.0. The summed E-state index contributed by atoms with van der Waals surface area (Å²) in [6, 6.07) is 3.91. The number of hydrogen-bond acceptors (Lipinski definition) is 13. The third kappa shape index (κ3) is 15.9. The van der Waals surface area contributed by atoms with Gasteiger partial charge in [-0.05, 0) is 115 Å². The first-order valence-electron chi connectivity index (χ1n) is 26.0. The highest BCUT2D eigenvalue weighted by Gasteiger charge is 2.57. The number of carbonyl (C=O) groups excluding carboxylic acids is 5. The average Bonchev–Trinajstić information content (AvgIpc) is 2.31. The molecule has 458 valence electrons. The number of aliphatic hydroxyl groups is 1. The largest absolute Gasteiger partial charge is 0.453 e. The van der Waals surface area contributed by atoms with E-state index in [-0.39, 0.29) is 39.5 Å². The highest BCUT2D eigenvalue weighted by atomic mass is 19.4. The number of amides is 5. The number of anilines is 1. The molecule has 4 aromatic rings. The Kier molecular flexibility index (Phi) is 20.2. The van der Waals surface area contributed by atoms with Crippen LogP contribution in [-0.2, 0) is 36.8 Å². The van der Waals surface area contributed by atoms with Gasteiger partial charge in [-0.25, -0.2) is 37.8 Å². The third-order valence-electron chi connectivity index (χ3n) is 14.3. The molecule has 4 heterocycles. The molecule has 2 aliphatic heterocycles. The molecular formula is C55H64F10N10O9. The predicted molar refractivity (Wildman–Crippen MR) is 281 cm³/mol. The summed E-state index contributed by atoms with van der Waals surface area (Å²) < 4.78 is 161. The zero-order chi connectivity index (χ0) is 62.4. The molecule has 6 atom stereocenters. The maximum atomic E-state index is 16.1. The lowest BCUT2D eigenvalue weighted by Crippen LogP contribution is -2.63. The first-order chi connectivity index (χ1) is 39.0. The number of aromatic nitrogens is 3. The minimum absolute atomic E-state index is 0.0575. The SMILES string of the molecule is COC(=O)NC(C(=O)NC(Cc1ccc(C#Cc2ccc(N3CC4CCC(C3)N4C(=O)OC(C)(C)C)nc2)cc1)C(O)CN(Cc1c(F)cc(-c2cnn(C(F)F)c2)cc1F)NC(=O)C(NC(=O)OC)C(C)(C)C(F)(F)F)C(C)(C)C(F)(F)F. The number of alkyl halides is 8. The van der Waals surface area contributed by atoms with Gasteiger partial charge in [-0.1, -0.05) is 24.0 Å². The number of piperazine rings is 1. The van der Waals surface area contributed by atoms with Gasteiger partial charge < -0.3 is 40.2 Å². The van der Waals surface area contributed by atoms with Crippen LogP contribution >= 0.6 is 0 Å². The summed E-state index contributed by atoms with van der Waals surface area (Å²) in [5.74, 6) is 0.547. The highest BCUT2D eigenvalue weighted by molar-refractivity contribution is 5.87. The second-order valence-corrected chi connectivity index (χ2v) is 22.3. The van der Waals surface area contributed by atoms with Crippen molar-refractivity contribution in [3.05, 3.63) is 101 Å². The molecule has 6 rings (SSSR count). The second-order valence-electron chi connectivity index (χ2n) is 22.3. The molecule has 0 spiro atoms. The first kappa shape index (κ1) is 65.3. The third-order valence-corrected chi connectivity index (χ3v) is 14.3. The number of hydrazine groups is 1. The summed E-state index contributed by atoms with van der Waals surface area (Å²) in [7, 11) is 1.59. The topological polar surface area (TPSA) is 222 Å². The summed E-state index contributed by atoms with van der Waals surface area (Å²) in [6.45, 7) is 3.32. The Labute approximate surface area is 476 Å². The molecule has 2 saturated heterocycles. The number of fused-ring (bicyclic) bond motifs is 2. The normalized spacial score (nSPS) is 17.1. The highest BCUT2D eigenvalue weighted by Crippen LogP contribution is 2.42. The Balaban J connectivity index is 1.31. The van der Waals surface area contributed by atoms with Crippen molar-refractivity contribution in [2.24, 2.45) is 10.8 Å². The number of carbonyl (C=O) groups is 5. The Bertz CT molecular complexity index is 3030. The number of nitrogens with one attached hydrogen (secondary N) is 4. The fraction of sp³-hybridized carbons (Fsp3) is 0.509. The molecule has 2 fully saturated rings. The molecular weight excluding hydrogens is 1130 g/mol. The molecule has 0 saturated carbocycles. The van der Waals surface area contributed by atoms with Gasteiger partial charge in [0.15, 0.2) is 0 Å². The molecule has 6 unspecified atom stereocenters. The summed E-state index contributed by atoms with van der Waals surface area (Å²) >= 11 is 0. The minimum atomic E-state index is -5.24. The number of rotatable bonds is 18. The first-order valence-corrected chi connectivity index (χ1v) is 26.0. The summed E-state index contributed by atoms with van der Waals surface area (Å²) in [5, 5.41) is 21.9. The molecule has 0 aliphatic carbocycles. The Morgan fingerprint density at radius 3 is 1.74 bits per heavy atom. The lowest BCUT2D eigenvalue weighted by atomic mass is 9.82. The van der Waals surface area contributed by atoms with Gasteiger partial charge >= 0.3 is 37.2 Å². The van der Waals surface area contributed by atoms with Crippen molar-refractivity contribution in [2.45, 2.75) is 135 Å². The van der Waals surface area contributed by atoms with Crippen molar-refractivity contribution in [2.75, 3.05) is 38.8 Å². The van der Waals surface area contributed by atoms with Crippen molar-refractivity contribution in [1.82, 2.24) is 46.0 Å². The van der Waals surface area contributed by atoms with E-state index in [0.717, 1.165) is 39.5 Å². The Morgan fingerprint density at radius 1 is 0.738 bits per heavy atom. The van der Waals surface area contributed by atoms with E-state index < -0.39 is 120 Å². The zero-order valence-corrected chi connectivity index (χ0v) is 47.0.